The summed E-state index contributed by atoms with van der Waals surface area (Å²) in [5.74, 6) is 0.798. The molecule has 0 radical (unpaired) electrons. The lowest BCUT2D eigenvalue weighted by Gasteiger charge is -2.40. The smallest absolute Gasteiger partial charge is 0.0620 e. The van der Waals surface area contributed by atoms with Crippen molar-refractivity contribution in [3.63, 3.8) is 0 Å². The van der Waals surface area contributed by atoms with Gasteiger partial charge in [0.2, 0.25) is 0 Å². The molecule has 2 fully saturated rings. The fourth-order valence-electron chi connectivity index (χ4n) is 6.22. The minimum absolute atomic E-state index is 0.147. The molecule has 36 heavy (non-hydrogen) atoms. The first-order chi connectivity index (χ1) is 17.2. The number of pyridine rings is 1. The van der Waals surface area contributed by atoms with Gasteiger partial charge in [-0.1, -0.05) is 43.6 Å². The summed E-state index contributed by atoms with van der Waals surface area (Å²) in [5, 5.41) is 15.2. The van der Waals surface area contributed by atoms with Crippen LogP contribution in [0.5, 0.6) is 0 Å². The monoisotopic (exact) mass is 553 g/mol. The van der Waals surface area contributed by atoms with E-state index in [9.17, 15) is 5.11 Å². The van der Waals surface area contributed by atoms with Gasteiger partial charge >= 0.3 is 0 Å². The standard InChI is InChI=1S/C30H40BrN3O2/c1-6-34-27-8-7-21(31)12-24(27)26(13-30(4,5)17-35)29(34)25-11-20(14-32-28(25)18(2)3)19-9-22-15-36-16-23(10-19)33-22/h7-8,11-12,14,18-19,22-23,33,35H,6,9-10,13,15-17H2,1-5H3/t19?,22-,23+. The van der Waals surface area contributed by atoms with Crippen LogP contribution in [0, 0.1) is 5.41 Å². The molecule has 0 aliphatic carbocycles. The molecule has 2 N–H and O–H groups in total. The maximum Gasteiger partial charge on any atom is 0.0620 e. The number of rotatable bonds is 7. The van der Waals surface area contributed by atoms with Crippen LogP contribution in [-0.4, -0.2) is 46.6 Å². The first kappa shape index (κ1) is 25.9. The molecule has 1 unspecified atom stereocenters. The largest absolute Gasteiger partial charge is 0.396 e. The molecular weight excluding hydrogens is 514 g/mol. The van der Waals surface area contributed by atoms with Crippen LogP contribution in [0.4, 0.5) is 0 Å². The first-order valence-electron chi connectivity index (χ1n) is 13.5. The van der Waals surface area contributed by atoms with Gasteiger partial charge in [-0.2, -0.15) is 0 Å². The highest BCUT2D eigenvalue weighted by atomic mass is 79.9. The minimum Gasteiger partial charge on any atom is -0.396 e. The molecule has 5 rings (SSSR count). The number of aryl methyl sites for hydroxylation is 1. The Labute approximate surface area is 223 Å². The lowest BCUT2D eigenvalue weighted by molar-refractivity contribution is 0.0180. The molecule has 3 aromatic rings. The number of hydrogen-bond donors (Lipinski definition) is 2. The van der Waals surface area contributed by atoms with Crippen LogP contribution in [0.25, 0.3) is 22.2 Å². The van der Waals surface area contributed by atoms with Crippen LogP contribution >= 0.6 is 15.9 Å². The van der Waals surface area contributed by atoms with Gasteiger partial charge in [-0.15, -0.1) is 0 Å². The maximum absolute atomic E-state index is 10.2. The average Bonchev–Trinajstić information content (AvgIpc) is 3.15. The molecule has 2 saturated heterocycles. The van der Waals surface area contributed by atoms with E-state index in [0.717, 1.165) is 49.2 Å². The van der Waals surface area contributed by atoms with Gasteiger partial charge in [0.25, 0.3) is 0 Å². The number of hydrogen-bond acceptors (Lipinski definition) is 4. The Kier molecular flexibility index (Phi) is 7.34. The third-order valence-electron chi connectivity index (χ3n) is 7.99. The number of benzene rings is 1. The van der Waals surface area contributed by atoms with Crippen molar-refractivity contribution in [2.45, 2.75) is 84.3 Å². The van der Waals surface area contributed by atoms with E-state index < -0.39 is 0 Å². The molecule has 0 amide bonds. The Bertz CT molecular complexity index is 1240. The van der Waals surface area contributed by atoms with Gasteiger partial charge < -0.3 is 19.7 Å². The summed E-state index contributed by atoms with van der Waals surface area (Å²) in [6.07, 6.45) is 5.12. The summed E-state index contributed by atoms with van der Waals surface area (Å²) in [6.45, 7) is 13.6. The zero-order valence-electron chi connectivity index (χ0n) is 22.3. The topological polar surface area (TPSA) is 59.3 Å². The number of ether oxygens (including phenoxy) is 1. The Balaban J connectivity index is 1.72. The lowest BCUT2D eigenvalue weighted by Crippen LogP contribution is -2.53. The molecule has 6 heteroatoms. The van der Waals surface area contributed by atoms with Crippen molar-refractivity contribution in [1.29, 1.82) is 0 Å². The van der Waals surface area contributed by atoms with E-state index in [-0.39, 0.29) is 12.0 Å². The van der Waals surface area contributed by atoms with Crippen molar-refractivity contribution in [3.8, 4) is 11.3 Å². The highest BCUT2D eigenvalue weighted by Crippen LogP contribution is 2.42. The molecule has 2 bridgehead atoms. The molecule has 0 spiro atoms. The quantitative estimate of drug-likeness (QED) is 0.355. The molecule has 0 saturated carbocycles. The molecule has 4 heterocycles. The Morgan fingerprint density at radius 2 is 1.92 bits per heavy atom. The van der Waals surface area contributed by atoms with Crippen LogP contribution in [-0.2, 0) is 17.7 Å². The highest BCUT2D eigenvalue weighted by Gasteiger charge is 2.34. The van der Waals surface area contributed by atoms with Crippen molar-refractivity contribution in [2.75, 3.05) is 19.8 Å². The number of piperidine rings is 1. The maximum atomic E-state index is 10.2. The Morgan fingerprint density at radius 3 is 2.56 bits per heavy atom. The van der Waals surface area contributed by atoms with Gasteiger partial charge in [-0.25, -0.2) is 0 Å². The van der Waals surface area contributed by atoms with Gasteiger partial charge in [0.1, 0.15) is 0 Å². The first-order valence-corrected chi connectivity index (χ1v) is 14.3. The summed E-state index contributed by atoms with van der Waals surface area (Å²) in [4.78, 5) is 5.12. The van der Waals surface area contributed by atoms with E-state index in [0.29, 0.717) is 23.9 Å². The van der Waals surface area contributed by atoms with Gasteiger partial charge in [0, 0.05) is 52.4 Å². The van der Waals surface area contributed by atoms with Crippen molar-refractivity contribution in [3.05, 3.63) is 51.8 Å². The van der Waals surface area contributed by atoms with Crippen LogP contribution in [0.1, 0.15) is 76.1 Å². The number of halogens is 1. The summed E-state index contributed by atoms with van der Waals surface area (Å²) >= 11 is 3.71. The van der Waals surface area contributed by atoms with Crippen LogP contribution in [0.3, 0.4) is 0 Å². The number of nitrogens with zero attached hydrogens (tertiary/aromatic N) is 2. The van der Waals surface area contributed by atoms with E-state index in [4.69, 9.17) is 9.72 Å². The van der Waals surface area contributed by atoms with Gasteiger partial charge in [0.05, 0.1) is 24.6 Å². The van der Waals surface area contributed by atoms with Crippen molar-refractivity contribution < 1.29 is 9.84 Å². The lowest BCUT2D eigenvalue weighted by atomic mass is 9.81. The second kappa shape index (κ2) is 10.2. The van der Waals surface area contributed by atoms with E-state index >= 15 is 0 Å². The molecule has 2 aliphatic heterocycles. The summed E-state index contributed by atoms with van der Waals surface area (Å²) < 4.78 is 9.35. The van der Waals surface area contributed by atoms with Crippen LogP contribution in [0.15, 0.2) is 34.9 Å². The number of aliphatic hydroxyl groups is 1. The van der Waals surface area contributed by atoms with Gasteiger partial charge in [-0.05, 0) is 78.8 Å². The number of nitrogens with one attached hydrogen (secondary N) is 1. The van der Waals surface area contributed by atoms with Gasteiger partial charge in [-0.3, -0.25) is 4.98 Å². The zero-order chi connectivity index (χ0) is 25.6. The predicted molar refractivity (Wildman–Crippen MR) is 151 cm³/mol. The molecule has 194 valence electrons. The third kappa shape index (κ3) is 4.90. The van der Waals surface area contributed by atoms with Gasteiger partial charge in [0.15, 0.2) is 0 Å². The minimum atomic E-state index is -0.223. The van der Waals surface area contributed by atoms with Crippen molar-refractivity contribution in [1.82, 2.24) is 14.9 Å². The number of morpholine rings is 1. The zero-order valence-corrected chi connectivity index (χ0v) is 23.9. The van der Waals surface area contributed by atoms with Crippen molar-refractivity contribution in [2.24, 2.45) is 5.41 Å². The fraction of sp³-hybridized carbons (Fsp3) is 0.567. The van der Waals surface area contributed by atoms with Crippen molar-refractivity contribution >= 4 is 26.8 Å². The summed E-state index contributed by atoms with van der Waals surface area (Å²) in [7, 11) is 0. The molecule has 5 nitrogen and oxygen atoms in total. The fourth-order valence-corrected chi connectivity index (χ4v) is 6.58. The number of aromatic nitrogens is 2. The molecule has 1 aromatic carbocycles. The van der Waals surface area contributed by atoms with E-state index in [1.54, 1.807) is 0 Å². The number of aliphatic hydroxyl groups excluding tert-OH is 1. The SMILES string of the molecule is CCn1c(-c2cc(C3C[C@H]4COC[C@@H](C3)N4)cnc2C(C)C)c(CC(C)(C)CO)c2cc(Br)ccc21. The Morgan fingerprint density at radius 1 is 1.19 bits per heavy atom. The summed E-state index contributed by atoms with van der Waals surface area (Å²) in [6, 6.07) is 9.90. The predicted octanol–water partition coefficient (Wildman–Crippen LogP) is 6.40. The second-order valence-corrected chi connectivity index (χ2v) is 12.8. The molecule has 3 atom stereocenters. The van der Waals surface area contributed by atoms with E-state index in [2.05, 4.69) is 90.9 Å². The second-order valence-electron chi connectivity index (χ2n) is 11.9. The normalized spacial score (nSPS) is 22.5. The molecule has 2 aromatic heterocycles. The van der Waals surface area contributed by atoms with E-state index in [1.165, 1.54) is 33.3 Å². The van der Waals surface area contributed by atoms with E-state index in [1.807, 2.05) is 0 Å². The molecular formula is C30H40BrN3O2. The number of fused-ring (bicyclic) bond motifs is 3. The molecule has 2 aliphatic rings. The van der Waals surface area contributed by atoms with Crippen LogP contribution < -0.4 is 5.32 Å². The Hall–Kier alpha value is -1.73. The summed E-state index contributed by atoms with van der Waals surface area (Å²) in [5.41, 5.74) is 7.34. The van der Waals surface area contributed by atoms with Crippen LogP contribution in [0.2, 0.25) is 0 Å². The average molecular weight is 555 g/mol. The highest BCUT2D eigenvalue weighted by molar-refractivity contribution is 9.10. The third-order valence-corrected chi connectivity index (χ3v) is 8.48.